The molecule has 0 amide bonds. The zero-order valence-electron chi connectivity index (χ0n) is 22.9. The molecule has 10 heteroatoms. The molecule has 42 heavy (non-hydrogen) atoms. The summed E-state index contributed by atoms with van der Waals surface area (Å²) in [6, 6.07) is 21.2. The van der Waals surface area contributed by atoms with E-state index in [-0.39, 0.29) is 50.2 Å². The second kappa shape index (κ2) is 12.8. The lowest BCUT2D eigenvalue weighted by atomic mass is 9.97. The highest BCUT2D eigenvalue weighted by Gasteiger charge is 2.36. The molecule has 0 radical (unpaired) electrons. The first-order chi connectivity index (χ1) is 20.3. The first-order valence-corrected chi connectivity index (χ1v) is 13.4. The molecule has 5 rings (SSSR count). The minimum atomic E-state index is -1.03. The normalized spacial score (nSPS) is 16.6. The number of halogens is 1. The number of rotatable bonds is 10. The maximum atomic E-state index is 13.8. The predicted molar refractivity (Wildman–Crippen MR) is 151 cm³/mol. The van der Waals surface area contributed by atoms with Crippen LogP contribution in [0.4, 0.5) is 4.39 Å². The van der Waals surface area contributed by atoms with E-state index in [0.29, 0.717) is 11.1 Å². The minimum absolute atomic E-state index is 0.0262. The van der Waals surface area contributed by atoms with Crippen molar-refractivity contribution in [2.24, 2.45) is 0 Å². The zero-order chi connectivity index (χ0) is 29.6. The molecule has 1 aromatic heterocycles. The highest BCUT2D eigenvalue weighted by atomic mass is 19.1. The van der Waals surface area contributed by atoms with Gasteiger partial charge in [0.25, 0.3) is 0 Å². The van der Waals surface area contributed by atoms with Crippen LogP contribution in [-0.2, 0) is 24.6 Å². The molecule has 1 saturated heterocycles. The van der Waals surface area contributed by atoms with E-state index in [9.17, 15) is 24.7 Å². The molecule has 2 N–H and O–H groups in total. The predicted octanol–water partition coefficient (Wildman–Crippen LogP) is 4.64. The zero-order valence-corrected chi connectivity index (χ0v) is 22.9. The number of hydrogen-bond acceptors (Lipinski definition) is 8. The Hall–Kier alpha value is -4.85. The van der Waals surface area contributed by atoms with E-state index >= 15 is 0 Å². The molecule has 4 aromatic rings. The molecule has 2 heterocycles. The highest BCUT2D eigenvalue weighted by molar-refractivity contribution is 5.74. The van der Waals surface area contributed by atoms with E-state index in [0.717, 1.165) is 22.3 Å². The van der Waals surface area contributed by atoms with Crippen LogP contribution in [0.5, 0.6) is 11.9 Å². The van der Waals surface area contributed by atoms with Gasteiger partial charge < -0.3 is 19.7 Å². The number of hydrogen-bond donors (Lipinski definition) is 2. The molecule has 1 aliphatic heterocycles. The first-order valence-electron chi connectivity index (χ1n) is 13.4. The van der Waals surface area contributed by atoms with Crippen molar-refractivity contribution in [3.05, 3.63) is 107 Å². The molecular weight excluding hydrogens is 539 g/mol. The van der Waals surface area contributed by atoms with Crippen molar-refractivity contribution < 1.29 is 28.9 Å². The quantitative estimate of drug-likeness (QED) is 0.281. The maximum absolute atomic E-state index is 13.8. The molecule has 214 valence electrons. The van der Waals surface area contributed by atoms with Crippen molar-refractivity contribution in [1.29, 1.82) is 5.26 Å². The number of aliphatic carboxylic acids is 1. The Morgan fingerprint density at radius 3 is 2.67 bits per heavy atom. The van der Waals surface area contributed by atoms with Gasteiger partial charge in [0.1, 0.15) is 31.1 Å². The van der Waals surface area contributed by atoms with E-state index in [1.54, 1.807) is 4.90 Å². The fourth-order valence-electron chi connectivity index (χ4n) is 5.02. The molecule has 3 aromatic carbocycles. The van der Waals surface area contributed by atoms with Gasteiger partial charge in [0, 0.05) is 31.3 Å². The van der Waals surface area contributed by atoms with Crippen molar-refractivity contribution in [3.63, 3.8) is 0 Å². The van der Waals surface area contributed by atoms with Crippen molar-refractivity contribution in [2.45, 2.75) is 45.2 Å². The third-order valence-electron chi connectivity index (χ3n) is 7.26. The summed E-state index contributed by atoms with van der Waals surface area (Å²) in [6.45, 7) is 2.50. The number of likely N-dealkylation sites (tertiary alicyclic amines) is 1. The number of carboxylic acids is 1. The van der Waals surface area contributed by atoms with Gasteiger partial charge in [0.15, 0.2) is 0 Å². The molecule has 1 aliphatic rings. The topological polar surface area (TPSA) is 129 Å². The summed E-state index contributed by atoms with van der Waals surface area (Å²) >= 11 is 0. The van der Waals surface area contributed by atoms with Crippen molar-refractivity contribution >= 4 is 5.97 Å². The number of aromatic nitrogens is 2. The largest absolute Gasteiger partial charge is 0.480 e. The van der Waals surface area contributed by atoms with Crippen molar-refractivity contribution in [3.8, 4) is 29.1 Å². The van der Waals surface area contributed by atoms with Crippen LogP contribution >= 0.6 is 0 Å². The minimum Gasteiger partial charge on any atom is -0.480 e. The molecule has 0 unspecified atom stereocenters. The number of aliphatic hydroxyl groups excluding tert-OH is 1. The number of nitriles is 1. The summed E-state index contributed by atoms with van der Waals surface area (Å²) in [4.78, 5) is 22.2. The van der Waals surface area contributed by atoms with E-state index in [1.807, 2.05) is 55.5 Å². The Labute approximate surface area is 242 Å². The summed E-state index contributed by atoms with van der Waals surface area (Å²) < 4.78 is 25.8. The lowest BCUT2D eigenvalue weighted by Crippen LogP contribution is -2.35. The van der Waals surface area contributed by atoms with Crippen LogP contribution in [0.2, 0.25) is 0 Å². The lowest BCUT2D eigenvalue weighted by Gasteiger charge is -2.22. The number of ether oxygens (including phenoxy) is 2. The Morgan fingerprint density at radius 2 is 1.90 bits per heavy atom. The van der Waals surface area contributed by atoms with E-state index in [2.05, 4.69) is 16.0 Å². The molecule has 0 spiro atoms. The van der Waals surface area contributed by atoms with Crippen LogP contribution in [0.25, 0.3) is 11.1 Å². The van der Waals surface area contributed by atoms with Crippen LogP contribution in [-0.4, -0.2) is 49.7 Å². The molecule has 0 aliphatic carbocycles. The summed E-state index contributed by atoms with van der Waals surface area (Å²) in [5.74, 6) is -1.50. The summed E-state index contributed by atoms with van der Waals surface area (Å²) in [5, 5.41) is 28.9. The number of benzene rings is 3. The average Bonchev–Trinajstić information content (AvgIpc) is 3.37. The molecular formula is C32H29FN4O5. The average molecular weight is 569 g/mol. The first kappa shape index (κ1) is 28.7. The standard InChI is InChI=1S/C32H29FN4O5/c1-20-23(8-5-9-27(20)22-6-3-2-4-7-22)19-42-32-35-15-25(16-37-17-26(38)13-29(37)31(39)40)30(36-32)41-18-21-10-11-28(33)24(12-21)14-34/h2-12,15,26,29,38H,13,16-19H2,1H3,(H,39,40)/t26-,29-/m1/s1. The Balaban J connectivity index is 1.38. The van der Waals surface area contributed by atoms with Gasteiger partial charge in [-0.1, -0.05) is 54.6 Å². The number of aliphatic hydroxyl groups is 1. The van der Waals surface area contributed by atoms with Gasteiger partial charge in [0.2, 0.25) is 5.88 Å². The molecule has 1 fully saturated rings. The SMILES string of the molecule is Cc1c(COc2ncc(CN3C[C@H](O)C[C@@H]3C(=O)O)c(OCc3ccc(F)c(C#N)c3)n2)cccc1-c1ccccc1. The van der Waals surface area contributed by atoms with Crippen LogP contribution < -0.4 is 9.47 Å². The number of nitrogens with zero attached hydrogens (tertiary/aromatic N) is 4. The number of carboxylic acid groups (broad SMARTS) is 1. The maximum Gasteiger partial charge on any atom is 0.321 e. The summed E-state index contributed by atoms with van der Waals surface area (Å²) in [5.41, 5.74) is 5.15. The van der Waals surface area contributed by atoms with Gasteiger partial charge in [-0.15, -0.1) is 0 Å². The smallest absolute Gasteiger partial charge is 0.321 e. The second-order valence-electron chi connectivity index (χ2n) is 10.1. The van der Waals surface area contributed by atoms with Crippen LogP contribution in [0, 0.1) is 24.1 Å². The van der Waals surface area contributed by atoms with Gasteiger partial charge >= 0.3 is 12.0 Å². The molecule has 9 nitrogen and oxygen atoms in total. The van der Waals surface area contributed by atoms with Gasteiger partial charge in [0.05, 0.1) is 11.7 Å². The van der Waals surface area contributed by atoms with Gasteiger partial charge in [-0.05, 0) is 46.9 Å². The Kier molecular flexibility index (Phi) is 8.71. The molecule has 0 bridgehead atoms. The van der Waals surface area contributed by atoms with E-state index in [4.69, 9.17) is 9.47 Å². The Morgan fingerprint density at radius 1 is 1.10 bits per heavy atom. The fourth-order valence-corrected chi connectivity index (χ4v) is 5.02. The van der Waals surface area contributed by atoms with Gasteiger partial charge in [-0.3, -0.25) is 9.69 Å². The van der Waals surface area contributed by atoms with E-state index in [1.165, 1.54) is 24.4 Å². The van der Waals surface area contributed by atoms with E-state index < -0.39 is 23.9 Å². The van der Waals surface area contributed by atoms with Crippen LogP contribution in [0.15, 0.2) is 72.9 Å². The van der Waals surface area contributed by atoms with Crippen molar-refractivity contribution in [1.82, 2.24) is 14.9 Å². The van der Waals surface area contributed by atoms with Gasteiger partial charge in [-0.2, -0.15) is 10.2 Å². The molecule has 2 atom stereocenters. The molecule has 0 saturated carbocycles. The third kappa shape index (κ3) is 6.54. The summed E-state index contributed by atoms with van der Waals surface area (Å²) in [7, 11) is 0. The third-order valence-corrected chi connectivity index (χ3v) is 7.26. The lowest BCUT2D eigenvalue weighted by molar-refractivity contribution is -0.142. The van der Waals surface area contributed by atoms with Crippen LogP contribution in [0.3, 0.4) is 0 Å². The van der Waals surface area contributed by atoms with Crippen molar-refractivity contribution in [2.75, 3.05) is 6.54 Å². The number of carbonyl (C=O) groups is 1. The summed E-state index contributed by atoms with van der Waals surface area (Å²) in [6.07, 6.45) is 0.860. The second-order valence-corrected chi connectivity index (χ2v) is 10.1. The fraction of sp³-hybridized carbons (Fsp3) is 0.250. The highest BCUT2D eigenvalue weighted by Crippen LogP contribution is 2.28. The number of β-amino-alcohol motifs (C(OH)–C–C–N with tert-alkyl or cyclic N) is 1. The van der Waals surface area contributed by atoms with Gasteiger partial charge in [-0.25, -0.2) is 9.37 Å². The van der Waals surface area contributed by atoms with Crippen LogP contribution in [0.1, 0.15) is 34.2 Å². The Bertz CT molecular complexity index is 1630. The monoisotopic (exact) mass is 568 g/mol.